The molecule has 0 saturated carbocycles. The van der Waals surface area contributed by atoms with Crippen LogP contribution in [0.5, 0.6) is 0 Å². The SMILES string of the molecule is CC(N)(CO)CC1COC(C)(C)O1. The standard InChI is InChI=1S/C9H19NO3/c1-8(2)12-5-7(13-8)4-9(3,10)6-11/h7,11H,4-6,10H2,1-3H3. The highest BCUT2D eigenvalue weighted by atomic mass is 16.7. The van der Waals surface area contributed by atoms with Crippen LogP contribution in [-0.2, 0) is 9.47 Å². The number of ether oxygens (including phenoxy) is 2. The Balaban J connectivity index is 2.40. The van der Waals surface area contributed by atoms with Crippen molar-refractivity contribution in [2.75, 3.05) is 13.2 Å². The Kier molecular flexibility index (Phi) is 2.97. The molecule has 13 heavy (non-hydrogen) atoms. The molecule has 0 radical (unpaired) electrons. The molecule has 1 aliphatic heterocycles. The van der Waals surface area contributed by atoms with E-state index in [1.807, 2.05) is 20.8 Å². The van der Waals surface area contributed by atoms with E-state index in [1.54, 1.807) is 0 Å². The highest BCUT2D eigenvalue weighted by Crippen LogP contribution is 2.26. The van der Waals surface area contributed by atoms with Gasteiger partial charge < -0.3 is 20.3 Å². The molecule has 78 valence electrons. The zero-order valence-electron chi connectivity index (χ0n) is 8.54. The topological polar surface area (TPSA) is 64.7 Å². The minimum atomic E-state index is -0.575. The summed E-state index contributed by atoms with van der Waals surface area (Å²) < 4.78 is 11.0. The van der Waals surface area contributed by atoms with E-state index in [9.17, 15) is 0 Å². The van der Waals surface area contributed by atoms with Gasteiger partial charge in [-0.05, 0) is 27.2 Å². The van der Waals surface area contributed by atoms with Crippen molar-refractivity contribution >= 4 is 0 Å². The summed E-state index contributed by atoms with van der Waals surface area (Å²) in [5.74, 6) is -0.504. The van der Waals surface area contributed by atoms with Gasteiger partial charge in [0.05, 0.1) is 19.3 Å². The van der Waals surface area contributed by atoms with E-state index < -0.39 is 11.3 Å². The van der Waals surface area contributed by atoms with Gasteiger partial charge in [-0.25, -0.2) is 0 Å². The molecule has 1 heterocycles. The number of hydrogen-bond acceptors (Lipinski definition) is 4. The van der Waals surface area contributed by atoms with Crippen LogP contribution < -0.4 is 5.73 Å². The predicted octanol–water partition coefficient (Wildman–Crippen LogP) is 0.238. The largest absolute Gasteiger partial charge is 0.394 e. The highest BCUT2D eigenvalue weighted by molar-refractivity contribution is 4.84. The van der Waals surface area contributed by atoms with Crippen molar-refractivity contribution in [2.45, 2.75) is 44.6 Å². The monoisotopic (exact) mass is 189 g/mol. The lowest BCUT2D eigenvalue weighted by molar-refractivity contribution is -0.140. The maximum atomic E-state index is 8.96. The van der Waals surface area contributed by atoms with E-state index in [2.05, 4.69) is 0 Å². The first-order chi connectivity index (χ1) is 5.85. The van der Waals surface area contributed by atoms with Gasteiger partial charge in [-0.2, -0.15) is 0 Å². The highest BCUT2D eigenvalue weighted by Gasteiger charge is 2.35. The maximum absolute atomic E-state index is 8.96. The first-order valence-electron chi connectivity index (χ1n) is 4.56. The average molecular weight is 189 g/mol. The minimum Gasteiger partial charge on any atom is -0.394 e. The van der Waals surface area contributed by atoms with Gasteiger partial charge in [-0.1, -0.05) is 0 Å². The van der Waals surface area contributed by atoms with Crippen LogP contribution in [0.3, 0.4) is 0 Å². The molecule has 1 fully saturated rings. The lowest BCUT2D eigenvalue weighted by Crippen LogP contribution is -2.44. The first-order valence-corrected chi connectivity index (χ1v) is 4.56. The van der Waals surface area contributed by atoms with E-state index in [1.165, 1.54) is 0 Å². The quantitative estimate of drug-likeness (QED) is 0.667. The summed E-state index contributed by atoms with van der Waals surface area (Å²) in [7, 11) is 0. The fourth-order valence-corrected chi connectivity index (χ4v) is 1.45. The third-order valence-corrected chi connectivity index (χ3v) is 2.12. The van der Waals surface area contributed by atoms with Gasteiger partial charge in [-0.15, -0.1) is 0 Å². The second kappa shape index (κ2) is 3.53. The van der Waals surface area contributed by atoms with Crippen molar-refractivity contribution in [3.05, 3.63) is 0 Å². The molecule has 1 saturated heterocycles. The van der Waals surface area contributed by atoms with E-state index in [0.717, 1.165) is 0 Å². The van der Waals surface area contributed by atoms with Crippen LogP contribution in [-0.4, -0.2) is 35.8 Å². The van der Waals surface area contributed by atoms with Crippen LogP contribution in [0.1, 0.15) is 27.2 Å². The fraction of sp³-hybridized carbons (Fsp3) is 1.00. The molecule has 0 aromatic rings. The van der Waals surface area contributed by atoms with Crippen LogP contribution in [0, 0.1) is 0 Å². The molecule has 3 N–H and O–H groups in total. The molecular formula is C9H19NO3. The molecule has 2 unspecified atom stereocenters. The summed E-state index contributed by atoms with van der Waals surface area (Å²) in [6, 6.07) is 0. The summed E-state index contributed by atoms with van der Waals surface area (Å²) in [4.78, 5) is 0. The summed E-state index contributed by atoms with van der Waals surface area (Å²) in [5.41, 5.74) is 5.22. The molecular weight excluding hydrogens is 170 g/mol. The van der Waals surface area contributed by atoms with Gasteiger partial charge in [0.25, 0.3) is 0 Å². The molecule has 0 aromatic heterocycles. The van der Waals surface area contributed by atoms with E-state index in [0.29, 0.717) is 13.0 Å². The molecule has 0 bridgehead atoms. The summed E-state index contributed by atoms with van der Waals surface area (Å²) >= 11 is 0. The Hall–Kier alpha value is -0.160. The summed E-state index contributed by atoms with van der Waals surface area (Å²) in [6.45, 7) is 6.08. The average Bonchev–Trinajstić information content (AvgIpc) is 2.29. The third-order valence-electron chi connectivity index (χ3n) is 2.12. The molecule has 1 aliphatic rings. The summed E-state index contributed by atoms with van der Waals surface area (Å²) in [5, 5.41) is 8.96. The Bertz CT molecular complexity index is 180. The Morgan fingerprint density at radius 2 is 2.23 bits per heavy atom. The van der Waals surface area contributed by atoms with Crippen LogP contribution in [0.15, 0.2) is 0 Å². The molecule has 4 heteroatoms. The first kappa shape index (κ1) is 10.9. The molecule has 1 rings (SSSR count). The Morgan fingerprint density at radius 1 is 1.62 bits per heavy atom. The van der Waals surface area contributed by atoms with E-state index >= 15 is 0 Å². The molecule has 0 aliphatic carbocycles. The number of aliphatic hydroxyl groups excluding tert-OH is 1. The van der Waals surface area contributed by atoms with Gasteiger partial charge in [0.1, 0.15) is 0 Å². The normalized spacial score (nSPS) is 31.6. The number of rotatable bonds is 3. The molecule has 0 amide bonds. The number of nitrogens with two attached hydrogens (primary N) is 1. The zero-order valence-corrected chi connectivity index (χ0v) is 8.54. The van der Waals surface area contributed by atoms with Crippen molar-refractivity contribution in [2.24, 2.45) is 5.73 Å². The van der Waals surface area contributed by atoms with Crippen molar-refractivity contribution in [1.82, 2.24) is 0 Å². The van der Waals surface area contributed by atoms with E-state index in [-0.39, 0.29) is 12.7 Å². The van der Waals surface area contributed by atoms with Crippen molar-refractivity contribution < 1.29 is 14.6 Å². The van der Waals surface area contributed by atoms with Gasteiger partial charge in [0.15, 0.2) is 5.79 Å². The molecule has 2 atom stereocenters. The van der Waals surface area contributed by atoms with E-state index in [4.69, 9.17) is 20.3 Å². The third kappa shape index (κ3) is 3.23. The van der Waals surface area contributed by atoms with Crippen molar-refractivity contribution in [3.63, 3.8) is 0 Å². The van der Waals surface area contributed by atoms with Crippen molar-refractivity contribution in [1.29, 1.82) is 0 Å². The second-order valence-corrected chi connectivity index (χ2v) is 4.47. The lowest BCUT2D eigenvalue weighted by atomic mass is 9.97. The number of aliphatic hydroxyl groups is 1. The zero-order chi connectivity index (χ0) is 10.1. The maximum Gasteiger partial charge on any atom is 0.163 e. The van der Waals surface area contributed by atoms with Gasteiger partial charge >= 0.3 is 0 Å². The molecule has 0 aromatic carbocycles. The fourth-order valence-electron chi connectivity index (χ4n) is 1.45. The Morgan fingerprint density at radius 3 is 2.62 bits per heavy atom. The van der Waals surface area contributed by atoms with Crippen LogP contribution in [0.25, 0.3) is 0 Å². The van der Waals surface area contributed by atoms with Gasteiger partial charge in [-0.3, -0.25) is 0 Å². The number of hydrogen-bond donors (Lipinski definition) is 2. The lowest BCUT2D eigenvalue weighted by Gasteiger charge is -2.25. The summed E-state index contributed by atoms with van der Waals surface area (Å²) in [6.07, 6.45) is 0.615. The second-order valence-electron chi connectivity index (χ2n) is 4.47. The molecule has 0 spiro atoms. The minimum absolute atomic E-state index is 0.00264. The van der Waals surface area contributed by atoms with Gasteiger partial charge in [0.2, 0.25) is 0 Å². The smallest absolute Gasteiger partial charge is 0.163 e. The molecule has 4 nitrogen and oxygen atoms in total. The Labute approximate surface area is 79.0 Å². The van der Waals surface area contributed by atoms with Crippen LogP contribution in [0.2, 0.25) is 0 Å². The predicted molar refractivity (Wildman–Crippen MR) is 49.2 cm³/mol. The van der Waals surface area contributed by atoms with Gasteiger partial charge in [0, 0.05) is 5.54 Å². The van der Waals surface area contributed by atoms with Crippen LogP contribution >= 0.6 is 0 Å². The van der Waals surface area contributed by atoms with Crippen molar-refractivity contribution in [3.8, 4) is 0 Å². The van der Waals surface area contributed by atoms with Crippen LogP contribution in [0.4, 0.5) is 0 Å².